The fourth-order valence-electron chi connectivity index (χ4n) is 3.37. The molecule has 0 aliphatic heterocycles. The van der Waals surface area contributed by atoms with Gasteiger partial charge in [-0.2, -0.15) is 0 Å². The van der Waals surface area contributed by atoms with Crippen LogP contribution < -0.4 is 5.32 Å². The van der Waals surface area contributed by atoms with Crippen LogP contribution in [-0.4, -0.2) is 13.1 Å². The molecular weight excluding hydrogens is 206 g/mol. The fraction of sp³-hybridized carbons (Fsp3) is 0.625. The molecule has 1 rings (SSSR count). The molecule has 0 amide bonds. The molecule has 0 fully saturated rings. The van der Waals surface area contributed by atoms with Crippen molar-refractivity contribution in [1.29, 1.82) is 0 Å². The zero-order valence-electron chi connectivity index (χ0n) is 12.6. The first-order valence-electron chi connectivity index (χ1n) is 6.51. The largest absolute Gasteiger partial charge is 0.315 e. The van der Waals surface area contributed by atoms with Gasteiger partial charge in [0.15, 0.2) is 0 Å². The maximum Gasteiger partial charge on any atom is 0.0247 e. The van der Waals surface area contributed by atoms with Crippen LogP contribution >= 0.6 is 0 Å². The minimum absolute atomic E-state index is 0.115. The number of nitrogens with one attached hydrogen (secondary N) is 1. The summed E-state index contributed by atoms with van der Waals surface area (Å²) in [7, 11) is 2.03. The van der Waals surface area contributed by atoms with E-state index in [9.17, 15) is 0 Å². The van der Waals surface area contributed by atoms with E-state index in [2.05, 4.69) is 46.2 Å². The molecule has 0 radical (unpaired) electrons. The molecule has 0 saturated heterocycles. The highest BCUT2D eigenvalue weighted by Crippen LogP contribution is 2.53. The van der Waals surface area contributed by atoms with E-state index in [1.54, 1.807) is 0 Å². The van der Waals surface area contributed by atoms with Crippen LogP contribution in [0.2, 0.25) is 0 Å². The molecule has 1 N–H and O–H groups in total. The van der Waals surface area contributed by atoms with Crippen LogP contribution in [0, 0.1) is 10.8 Å². The van der Waals surface area contributed by atoms with Gasteiger partial charge in [0, 0.05) is 16.9 Å². The monoisotopic (exact) mass is 235 g/mol. The van der Waals surface area contributed by atoms with E-state index < -0.39 is 0 Å². The third-order valence-electron chi connectivity index (χ3n) is 3.82. The van der Waals surface area contributed by atoms with Gasteiger partial charge in [-0.25, -0.2) is 0 Å². The molecule has 0 spiro atoms. The molecule has 1 nitrogen and oxygen atoms in total. The SMILES string of the molecule is C=CC1=C(C=C)C(C)(C)C(NC)C1(C)C.CC. The van der Waals surface area contributed by atoms with Crippen molar-refractivity contribution in [1.82, 2.24) is 5.32 Å². The smallest absolute Gasteiger partial charge is 0.0247 e. The van der Waals surface area contributed by atoms with Crippen molar-refractivity contribution in [3.63, 3.8) is 0 Å². The molecule has 1 aliphatic carbocycles. The van der Waals surface area contributed by atoms with Gasteiger partial charge in [0.1, 0.15) is 0 Å². The second kappa shape index (κ2) is 5.68. The first kappa shape index (κ1) is 16.2. The number of hydrogen-bond acceptors (Lipinski definition) is 1. The van der Waals surface area contributed by atoms with Gasteiger partial charge in [0.05, 0.1) is 0 Å². The van der Waals surface area contributed by atoms with E-state index in [4.69, 9.17) is 0 Å². The summed E-state index contributed by atoms with van der Waals surface area (Å²) in [5, 5.41) is 3.44. The molecule has 0 unspecified atom stereocenters. The van der Waals surface area contributed by atoms with Gasteiger partial charge in [0.25, 0.3) is 0 Å². The summed E-state index contributed by atoms with van der Waals surface area (Å²) in [5.74, 6) is 0. The molecule has 1 heteroatoms. The third kappa shape index (κ3) is 2.40. The quantitative estimate of drug-likeness (QED) is 0.767. The standard InChI is InChI=1S/C14H23N.C2H6/c1-8-10-11(9-2)14(5,6)12(15-7)13(10,3)4;1-2/h8-9,12,15H,1-2H2,3-7H3;1-2H3. The van der Waals surface area contributed by atoms with Crippen molar-refractivity contribution in [3.8, 4) is 0 Å². The van der Waals surface area contributed by atoms with Crippen molar-refractivity contribution in [3.05, 3.63) is 36.5 Å². The maximum atomic E-state index is 3.94. The summed E-state index contributed by atoms with van der Waals surface area (Å²) < 4.78 is 0. The second-order valence-corrected chi connectivity index (χ2v) is 5.40. The third-order valence-corrected chi connectivity index (χ3v) is 3.82. The molecule has 0 aromatic rings. The molecule has 17 heavy (non-hydrogen) atoms. The summed E-state index contributed by atoms with van der Waals surface area (Å²) >= 11 is 0. The minimum atomic E-state index is 0.115. The zero-order chi connectivity index (χ0) is 13.9. The number of rotatable bonds is 3. The summed E-state index contributed by atoms with van der Waals surface area (Å²) in [4.78, 5) is 0. The second-order valence-electron chi connectivity index (χ2n) is 5.40. The van der Waals surface area contributed by atoms with Gasteiger partial charge >= 0.3 is 0 Å². The van der Waals surface area contributed by atoms with Crippen LogP contribution in [0.1, 0.15) is 41.5 Å². The van der Waals surface area contributed by atoms with Crippen molar-refractivity contribution in [2.75, 3.05) is 7.05 Å². The highest BCUT2D eigenvalue weighted by Gasteiger charge is 2.49. The average molecular weight is 235 g/mol. The lowest BCUT2D eigenvalue weighted by atomic mass is 9.74. The summed E-state index contributed by atoms with van der Waals surface area (Å²) in [6, 6.07) is 0.422. The molecule has 0 saturated carbocycles. The Morgan fingerprint density at radius 2 is 1.24 bits per heavy atom. The van der Waals surface area contributed by atoms with Crippen molar-refractivity contribution in [2.24, 2.45) is 10.8 Å². The Balaban J connectivity index is 0.00000121. The van der Waals surface area contributed by atoms with E-state index in [1.165, 1.54) is 11.1 Å². The minimum Gasteiger partial charge on any atom is -0.315 e. The van der Waals surface area contributed by atoms with E-state index >= 15 is 0 Å². The van der Waals surface area contributed by atoms with E-state index in [0.29, 0.717) is 6.04 Å². The summed E-state index contributed by atoms with van der Waals surface area (Å²) in [6.07, 6.45) is 3.96. The van der Waals surface area contributed by atoms with Crippen molar-refractivity contribution < 1.29 is 0 Å². The van der Waals surface area contributed by atoms with Gasteiger partial charge < -0.3 is 5.32 Å². The number of allylic oxidation sites excluding steroid dienone is 2. The Labute approximate surface area is 108 Å². The molecule has 0 aromatic carbocycles. The Hall–Kier alpha value is -0.820. The van der Waals surface area contributed by atoms with Gasteiger partial charge in [-0.1, -0.05) is 66.9 Å². The Bertz CT molecular complexity index is 288. The molecule has 0 heterocycles. The van der Waals surface area contributed by atoms with Crippen LogP contribution in [0.5, 0.6) is 0 Å². The first-order chi connectivity index (χ1) is 7.83. The van der Waals surface area contributed by atoms with Crippen molar-refractivity contribution in [2.45, 2.75) is 47.6 Å². The predicted octanol–water partition coefficient (Wildman–Crippen LogP) is 4.34. The van der Waals surface area contributed by atoms with Crippen molar-refractivity contribution >= 4 is 0 Å². The lowest BCUT2D eigenvalue weighted by molar-refractivity contribution is 0.219. The van der Waals surface area contributed by atoms with Gasteiger partial charge in [-0.15, -0.1) is 0 Å². The van der Waals surface area contributed by atoms with E-state index in [-0.39, 0.29) is 10.8 Å². The Kier molecular flexibility index (Phi) is 5.41. The Morgan fingerprint density at radius 1 is 0.941 bits per heavy atom. The highest BCUT2D eigenvalue weighted by atomic mass is 14.9. The normalized spacial score (nSPS) is 21.8. The lowest BCUT2D eigenvalue weighted by Crippen LogP contribution is -2.46. The van der Waals surface area contributed by atoms with Gasteiger partial charge in [0.2, 0.25) is 0 Å². The molecule has 0 aromatic heterocycles. The number of hydrogen-bond donors (Lipinski definition) is 1. The van der Waals surface area contributed by atoms with Gasteiger partial charge in [-0.3, -0.25) is 0 Å². The summed E-state index contributed by atoms with van der Waals surface area (Å²) in [5.41, 5.74) is 2.87. The fourth-order valence-corrected chi connectivity index (χ4v) is 3.37. The summed E-state index contributed by atoms with van der Waals surface area (Å²) in [6.45, 7) is 20.9. The van der Waals surface area contributed by atoms with Crippen LogP contribution in [0.15, 0.2) is 36.5 Å². The maximum absolute atomic E-state index is 3.94. The van der Waals surface area contributed by atoms with Crippen LogP contribution in [0.3, 0.4) is 0 Å². The Morgan fingerprint density at radius 3 is 1.41 bits per heavy atom. The first-order valence-corrected chi connectivity index (χ1v) is 6.51. The lowest BCUT2D eigenvalue weighted by Gasteiger charge is -2.37. The van der Waals surface area contributed by atoms with E-state index in [1.807, 2.05) is 33.0 Å². The molecular formula is C16H29N. The van der Waals surface area contributed by atoms with Gasteiger partial charge in [-0.05, 0) is 18.2 Å². The van der Waals surface area contributed by atoms with Crippen LogP contribution in [-0.2, 0) is 0 Å². The molecule has 98 valence electrons. The molecule has 1 aliphatic rings. The van der Waals surface area contributed by atoms with E-state index in [0.717, 1.165) is 0 Å². The molecule has 0 bridgehead atoms. The molecule has 0 atom stereocenters. The topological polar surface area (TPSA) is 12.0 Å². The zero-order valence-corrected chi connectivity index (χ0v) is 12.6. The average Bonchev–Trinajstić information content (AvgIpc) is 2.42. The predicted molar refractivity (Wildman–Crippen MR) is 79.2 cm³/mol. The van der Waals surface area contributed by atoms with Crippen LogP contribution in [0.25, 0.3) is 0 Å². The highest BCUT2D eigenvalue weighted by molar-refractivity contribution is 5.47. The van der Waals surface area contributed by atoms with Crippen LogP contribution in [0.4, 0.5) is 0 Å².